The SMILES string of the molecule is OCc1ccc2c(c1)CN(c1cc(C3CCOC3)ncn1)CCO2. The number of hydrogen-bond donors (Lipinski definition) is 1. The van der Waals surface area contributed by atoms with E-state index in [9.17, 15) is 5.11 Å². The van der Waals surface area contributed by atoms with Gasteiger partial charge >= 0.3 is 0 Å². The molecule has 1 aromatic carbocycles. The first-order chi connectivity index (χ1) is 11.8. The van der Waals surface area contributed by atoms with Crippen LogP contribution in [0.15, 0.2) is 30.6 Å². The Morgan fingerprint density at radius 1 is 1.21 bits per heavy atom. The average molecular weight is 327 g/mol. The third-order valence-electron chi connectivity index (χ3n) is 4.63. The van der Waals surface area contributed by atoms with E-state index in [1.807, 2.05) is 18.2 Å². The molecule has 2 aliphatic rings. The van der Waals surface area contributed by atoms with Gasteiger partial charge in [-0.2, -0.15) is 0 Å². The topological polar surface area (TPSA) is 67.7 Å². The fraction of sp³-hybridized carbons (Fsp3) is 0.444. The van der Waals surface area contributed by atoms with Crippen LogP contribution < -0.4 is 9.64 Å². The van der Waals surface area contributed by atoms with Crippen LogP contribution in [0.2, 0.25) is 0 Å². The molecule has 1 fully saturated rings. The standard InChI is InChI=1S/C18H21N3O3/c22-10-13-1-2-17-15(7-13)9-21(4-6-24-17)18-8-16(19-12-20-18)14-3-5-23-11-14/h1-2,7-8,12,14,22H,3-6,9-11H2. The van der Waals surface area contributed by atoms with Gasteiger partial charge < -0.3 is 19.5 Å². The van der Waals surface area contributed by atoms with E-state index in [1.165, 1.54) is 0 Å². The molecular formula is C18H21N3O3. The van der Waals surface area contributed by atoms with E-state index >= 15 is 0 Å². The highest BCUT2D eigenvalue weighted by Gasteiger charge is 2.22. The number of aliphatic hydroxyl groups is 1. The van der Waals surface area contributed by atoms with E-state index in [-0.39, 0.29) is 6.61 Å². The van der Waals surface area contributed by atoms with Crippen molar-refractivity contribution in [1.29, 1.82) is 0 Å². The molecule has 0 saturated carbocycles. The molecule has 1 N–H and O–H groups in total. The van der Waals surface area contributed by atoms with E-state index in [0.717, 1.165) is 54.6 Å². The summed E-state index contributed by atoms with van der Waals surface area (Å²) in [4.78, 5) is 11.1. The smallest absolute Gasteiger partial charge is 0.132 e. The maximum absolute atomic E-state index is 9.36. The van der Waals surface area contributed by atoms with Crippen LogP contribution in [0, 0.1) is 0 Å². The highest BCUT2D eigenvalue weighted by Crippen LogP contribution is 2.29. The number of anilines is 1. The molecule has 0 bridgehead atoms. The van der Waals surface area contributed by atoms with E-state index in [1.54, 1.807) is 6.33 Å². The Kier molecular flexibility index (Phi) is 4.32. The molecule has 1 unspecified atom stereocenters. The van der Waals surface area contributed by atoms with E-state index in [0.29, 0.717) is 19.1 Å². The Morgan fingerprint density at radius 2 is 2.17 bits per heavy atom. The normalized spacial score (nSPS) is 20.4. The van der Waals surface area contributed by atoms with E-state index in [4.69, 9.17) is 9.47 Å². The number of hydrogen-bond acceptors (Lipinski definition) is 6. The fourth-order valence-corrected chi connectivity index (χ4v) is 3.27. The zero-order valence-corrected chi connectivity index (χ0v) is 13.5. The third kappa shape index (κ3) is 3.07. The number of nitrogens with zero attached hydrogens (tertiary/aromatic N) is 3. The molecule has 2 aliphatic heterocycles. The number of benzene rings is 1. The van der Waals surface area contributed by atoms with Crippen molar-refractivity contribution in [3.63, 3.8) is 0 Å². The van der Waals surface area contributed by atoms with Crippen LogP contribution in [0.1, 0.15) is 29.2 Å². The molecule has 0 radical (unpaired) electrons. The summed E-state index contributed by atoms with van der Waals surface area (Å²) in [5.41, 5.74) is 3.01. The second-order valence-corrected chi connectivity index (χ2v) is 6.23. The van der Waals surface area contributed by atoms with Gasteiger partial charge in [0, 0.05) is 30.7 Å². The molecule has 24 heavy (non-hydrogen) atoms. The molecule has 4 rings (SSSR count). The van der Waals surface area contributed by atoms with Crippen LogP contribution in [0.25, 0.3) is 0 Å². The summed E-state index contributed by atoms with van der Waals surface area (Å²) in [6, 6.07) is 7.91. The first-order valence-corrected chi connectivity index (χ1v) is 8.33. The fourth-order valence-electron chi connectivity index (χ4n) is 3.27. The minimum Gasteiger partial charge on any atom is -0.491 e. The summed E-state index contributed by atoms with van der Waals surface area (Å²) in [6.07, 6.45) is 2.65. The summed E-state index contributed by atoms with van der Waals surface area (Å²) in [5, 5.41) is 9.36. The van der Waals surface area contributed by atoms with Crippen molar-refractivity contribution < 1.29 is 14.6 Å². The van der Waals surface area contributed by atoms with Gasteiger partial charge in [-0.3, -0.25) is 0 Å². The molecule has 0 amide bonds. The minimum absolute atomic E-state index is 0.0343. The monoisotopic (exact) mass is 327 g/mol. The lowest BCUT2D eigenvalue weighted by atomic mass is 10.0. The zero-order chi connectivity index (χ0) is 16.4. The van der Waals surface area contributed by atoms with Gasteiger partial charge in [-0.25, -0.2) is 9.97 Å². The van der Waals surface area contributed by atoms with Crippen LogP contribution in [0.5, 0.6) is 5.75 Å². The van der Waals surface area contributed by atoms with Crippen molar-refractivity contribution >= 4 is 5.82 Å². The highest BCUT2D eigenvalue weighted by atomic mass is 16.5. The van der Waals surface area contributed by atoms with Crippen molar-refractivity contribution in [3.05, 3.63) is 47.4 Å². The third-order valence-corrected chi connectivity index (χ3v) is 4.63. The van der Waals surface area contributed by atoms with Crippen LogP contribution in [-0.2, 0) is 17.9 Å². The largest absolute Gasteiger partial charge is 0.491 e. The minimum atomic E-state index is 0.0343. The molecular weight excluding hydrogens is 306 g/mol. The Morgan fingerprint density at radius 3 is 3.00 bits per heavy atom. The highest BCUT2D eigenvalue weighted by molar-refractivity contribution is 5.46. The summed E-state index contributed by atoms with van der Waals surface area (Å²) in [5.74, 6) is 2.16. The summed E-state index contributed by atoms with van der Waals surface area (Å²) >= 11 is 0. The number of aliphatic hydroxyl groups excluding tert-OH is 1. The van der Waals surface area contributed by atoms with Gasteiger partial charge in [0.1, 0.15) is 24.5 Å². The van der Waals surface area contributed by atoms with Crippen LogP contribution in [0.4, 0.5) is 5.82 Å². The number of ether oxygens (including phenoxy) is 2. The molecule has 126 valence electrons. The number of aromatic nitrogens is 2. The molecule has 6 heteroatoms. The zero-order valence-electron chi connectivity index (χ0n) is 13.5. The molecule has 1 atom stereocenters. The molecule has 0 spiro atoms. The van der Waals surface area contributed by atoms with Gasteiger partial charge in [0.25, 0.3) is 0 Å². The lowest BCUT2D eigenvalue weighted by Crippen LogP contribution is -2.26. The van der Waals surface area contributed by atoms with Crippen molar-refractivity contribution in [2.24, 2.45) is 0 Å². The van der Waals surface area contributed by atoms with Crippen LogP contribution >= 0.6 is 0 Å². The van der Waals surface area contributed by atoms with Crippen molar-refractivity contribution in [3.8, 4) is 5.75 Å². The Hall–Kier alpha value is -2.18. The maximum atomic E-state index is 9.36. The second-order valence-electron chi connectivity index (χ2n) is 6.23. The Balaban J connectivity index is 1.60. The van der Waals surface area contributed by atoms with E-state index in [2.05, 4.69) is 20.9 Å². The molecule has 6 nitrogen and oxygen atoms in total. The lowest BCUT2D eigenvalue weighted by Gasteiger charge is -2.22. The van der Waals surface area contributed by atoms with Gasteiger partial charge in [0.15, 0.2) is 0 Å². The number of fused-ring (bicyclic) bond motifs is 1. The van der Waals surface area contributed by atoms with Crippen molar-refractivity contribution in [1.82, 2.24) is 9.97 Å². The second kappa shape index (κ2) is 6.75. The van der Waals surface area contributed by atoms with Crippen LogP contribution in [0.3, 0.4) is 0 Å². The summed E-state index contributed by atoms with van der Waals surface area (Å²) in [6.45, 7) is 3.66. The van der Waals surface area contributed by atoms with Crippen LogP contribution in [-0.4, -0.2) is 41.4 Å². The first-order valence-electron chi connectivity index (χ1n) is 8.33. The molecule has 1 saturated heterocycles. The first kappa shape index (κ1) is 15.4. The van der Waals surface area contributed by atoms with Gasteiger partial charge in [0.2, 0.25) is 0 Å². The van der Waals surface area contributed by atoms with Gasteiger partial charge in [0.05, 0.1) is 25.5 Å². The summed E-state index contributed by atoms with van der Waals surface area (Å²) < 4.78 is 11.3. The van der Waals surface area contributed by atoms with Crippen molar-refractivity contribution in [2.75, 3.05) is 31.3 Å². The quantitative estimate of drug-likeness (QED) is 0.928. The van der Waals surface area contributed by atoms with Crippen molar-refractivity contribution in [2.45, 2.75) is 25.5 Å². The number of rotatable bonds is 3. The molecule has 2 aromatic rings. The summed E-state index contributed by atoms with van der Waals surface area (Å²) in [7, 11) is 0. The molecule has 3 heterocycles. The molecule has 1 aromatic heterocycles. The predicted octanol–water partition coefficient (Wildman–Crippen LogP) is 1.87. The average Bonchev–Trinajstić information content (AvgIpc) is 3.08. The Labute approximate surface area is 141 Å². The van der Waals surface area contributed by atoms with Gasteiger partial charge in [-0.15, -0.1) is 0 Å². The predicted molar refractivity (Wildman–Crippen MR) is 89.1 cm³/mol. The maximum Gasteiger partial charge on any atom is 0.132 e. The lowest BCUT2D eigenvalue weighted by molar-refractivity contribution is 0.193. The molecule has 0 aliphatic carbocycles. The van der Waals surface area contributed by atoms with Gasteiger partial charge in [-0.1, -0.05) is 6.07 Å². The van der Waals surface area contributed by atoms with E-state index < -0.39 is 0 Å². The van der Waals surface area contributed by atoms with Gasteiger partial charge in [-0.05, 0) is 24.1 Å². The Bertz CT molecular complexity index is 716.